The summed E-state index contributed by atoms with van der Waals surface area (Å²) in [5.41, 5.74) is 2.04. The number of amides is 3. The first-order chi connectivity index (χ1) is 10.4. The summed E-state index contributed by atoms with van der Waals surface area (Å²) in [6.45, 7) is 5.89. The molecular weight excluding hydrogens is 287 g/mol. The average molecular weight is 306 g/mol. The van der Waals surface area contributed by atoms with Crippen LogP contribution in [0, 0.1) is 6.92 Å². The lowest BCUT2D eigenvalue weighted by Gasteiger charge is -2.35. The molecule has 0 aliphatic carbocycles. The van der Waals surface area contributed by atoms with E-state index in [2.05, 4.69) is 0 Å². The van der Waals surface area contributed by atoms with E-state index in [-0.39, 0.29) is 19.4 Å². The van der Waals surface area contributed by atoms with E-state index < -0.39 is 23.5 Å². The standard InChI is InChI=1S/C14H13FN2O3.C2H6/c1-8-3-2-4-9-10(8)7-17(12(9)19)14(15)6-5-11(18)16-13(14)20;1-2/h2-4H,5-7H2,1H3,(H,16,18,20);1-2H3. The van der Waals surface area contributed by atoms with Crippen molar-refractivity contribution in [2.45, 2.75) is 46.0 Å². The predicted octanol–water partition coefficient (Wildman–Crippen LogP) is 2.08. The number of carbonyl (C=O) groups excluding carboxylic acids is 3. The van der Waals surface area contributed by atoms with Gasteiger partial charge in [0.25, 0.3) is 17.6 Å². The minimum atomic E-state index is -2.45. The number of aryl methyl sites for hydroxylation is 1. The molecule has 0 spiro atoms. The summed E-state index contributed by atoms with van der Waals surface area (Å²) in [7, 11) is 0. The van der Waals surface area contributed by atoms with E-state index in [0.29, 0.717) is 5.56 Å². The van der Waals surface area contributed by atoms with Gasteiger partial charge in [0.15, 0.2) is 0 Å². The van der Waals surface area contributed by atoms with Crippen LogP contribution in [-0.4, -0.2) is 28.4 Å². The lowest BCUT2D eigenvalue weighted by atomic mass is 10.0. The summed E-state index contributed by atoms with van der Waals surface area (Å²) in [5.74, 6) is -4.51. The summed E-state index contributed by atoms with van der Waals surface area (Å²) >= 11 is 0. The molecule has 0 bridgehead atoms. The van der Waals surface area contributed by atoms with E-state index in [1.54, 1.807) is 12.1 Å². The average Bonchev–Trinajstić information content (AvgIpc) is 2.85. The van der Waals surface area contributed by atoms with Crippen molar-refractivity contribution in [3.05, 3.63) is 34.9 Å². The van der Waals surface area contributed by atoms with E-state index in [4.69, 9.17) is 0 Å². The summed E-state index contributed by atoms with van der Waals surface area (Å²) < 4.78 is 14.9. The molecule has 6 heteroatoms. The lowest BCUT2D eigenvalue weighted by Crippen LogP contribution is -2.60. The number of imide groups is 1. The molecule has 3 amide bonds. The molecule has 5 nitrogen and oxygen atoms in total. The quantitative estimate of drug-likeness (QED) is 0.638. The van der Waals surface area contributed by atoms with Crippen LogP contribution in [0.25, 0.3) is 0 Å². The molecule has 0 radical (unpaired) electrons. The fourth-order valence-corrected chi connectivity index (χ4v) is 2.71. The first kappa shape index (κ1) is 16.1. The van der Waals surface area contributed by atoms with Gasteiger partial charge >= 0.3 is 0 Å². The largest absolute Gasteiger partial charge is 0.294 e. The molecule has 22 heavy (non-hydrogen) atoms. The van der Waals surface area contributed by atoms with Crippen molar-refractivity contribution < 1.29 is 18.8 Å². The second-order valence-electron chi connectivity index (χ2n) is 5.13. The SMILES string of the molecule is CC.Cc1cccc2c1CN(C1(F)CCC(=O)NC1=O)C2=O. The number of fused-ring (bicyclic) bond motifs is 1. The fraction of sp³-hybridized carbons (Fsp3) is 0.438. The van der Waals surface area contributed by atoms with Crippen molar-refractivity contribution in [3.8, 4) is 0 Å². The van der Waals surface area contributed by atoms with Gasteiger partial charge in [-0.1, -0.05) is 26.0 Å². The van der Waals surface area contributed by atoms with Crippen molar-refractivity contribution >= 4 is 17.7 Å². The van der Waals surface area contributed by atoms with Crippen molar-refractivity contribution in [2.24, 2.45) is 0 Å². The van der Waals surface area contributed by atoms with Gasteiger partial charge in [-0.2, -0.15) is 0 Å². The van der Waals surface area contributed by atoms with Gasteiger partial charge in [-0.25, -0.2) is 4.39 Å². The number of carbonyl (C=O) groups is 3. The van der Waals surface area contributed by atoms with E-state index in [1.165, 1.54) is 0 Å². The molecule has 1 fully saturated rings. The molecule has 0 aromatic heterocycles. The number of alkyl halides is 1. The van der Waals surface area contributed by atoms with Crippen LogP contribution in [0.15, 0.2) is 18.2 Å². The van der Waals surface area contributed by atoms with Gasteiger partial charge in [-0.3, -0.25) is 24.6 Å². The lowest BCUT2D eigenvalue weighted by molar-refractivity contribution is -0.154. The number of halogens is 1. The Morgan fingerprint density at radius 2 is 1.91 bits per heavy atom. The predicted molar refractivity (Wildman–Crippen MR) is 78.6 cm³/mol. The molecule has 2 heterocycles. The molecular formula is C16H19FN2O3. The Hall–Kier alpha value is -2.24. The van der Waals surface area contributed by atoms with Crippen LogP contribution in [-0.2, 0) is 16.1 Å². The highest BCUT2D eigenvalue weighted by Crippen LogP contribution is 2.36. The first-order valence-corrected chi connectivity index (χ1v) is 7.37. The molecule has 1 atom stereocenters. The Morgan fingerprint density at radius 1 is 1.23 bits per heavy atom. The van der Waals surface area contributed by atoms with Crippen LogP contribution < -0.4 is 5.32 Å². The minimum Gasteiger partial charge on any atom is -0.294 e. The third-order valence-electron chi connectivity index (χ3n) is 3.91. The molecule has 2 aliphatic heterocycles. The van der Waals surface area contributed by atoms with E-state index in [0.717, 1.165) is 16.0 Å². The molecule has 1 saturated heterocycles. The fourth-order valence-electron chi connectivity index (χ4n) is 2.71. The van der Waals surface area contributed by atoms with Crippen molar-refractivity contribution in [2.75, 3.05) is 0 Å². The Labute approximate surface area is 128 Å². The summed E-state index contributed by atoms with van der Waals surface area (Å²) in [6.07, 6.45) is -0.405. The zero-order valence-electron chi connectivity index (χ0n) is 12.9. The molecule has 1 aromatic rings. The van der Waals surface area contributed by atoms with Gasteiger partial charge in [0.05, 0.1) is 6.54 Å². The zero-order valence-corrected chi connectivity index (χ0v) is 12.9. The Morgan fingerprint density at radius 3 is 2.50 bits per heavy atom. The highest BCUT2D eigenvalue weighted by Gasteiger charge is 2.52. The normalized spacial score (nSPS) is 23.6. The maximum Gasteiger partial charge on any atom is 0.285 e. The highest BCUT2D eigenvalue weighted by molar-refractivity contribution is 6.06. The van der Waals surface area contributed by atoms with E-state index in [9.17, 15) is 18.8 Å². The van der Waals surface area contributed by atoms with Crippen LogP contribution >= 0.6 is 0 Å². The first-order valence-electron chi connectivity index (χ1n) is 7.37. The number of rotatable bonds is 1. The van der Waals surface area contributed by atoms with Crippen LogP contribution in [0.5, 0.6) is 0 Å². The molecule has 1 unspecified atom stereocenters. The summed E-state index contributed by atoms with van der Waals surface area (Å²) in [5, 5.41) is 1.96. The third-order valence-corrected chi connectivity index (χ3v) is 3.91. The number of hydrogen-bond acceptors (Lipinski definition) is 3. The monoisotopic (exact) mass is 306 g/mol. The summed E-state index contributed by atoms with van der Waals surface area (Å²) in [6, 6.07) is 5.19. The van der Waals surface area contributed by atoms with Gasteiger partial charge in [0, 0.05) is 18.4 Å². The zero-order chi connectivity index (χ0) is 16.5. The van der Waals surface area contributed by atoms with Gasteiger partial charge in [0.1, 0.15) is 0 Å². The number of nitrogens with zero attached hydrogens (tertiary/aromatic N) is 1. The Bertz CT molecular complexity index is 644. The number of nitrogens with one attached hydrogen (secondary N) is 1. The molecule has 3 rings (SSSR count). The number of piperidine rings is 1. The van der Waals surface area contributed by atoms with Crippen LogP contribution in [0.4, 0.5) is 4.39 Å². The number of benzene rings is 1. The van der Waals surface area contributed by atoms with Crippen molar-refractivity contribution in [1.29, 1.82) is 0 Å². The second-order valence-corrected chi connectivity index (χ2v) is 5.13. The topological polar surface area (TPSA) is 66.5 Å². The maximum atomic E-state index is 14.9. The van der Waals surface area contributed by atoms with Gasteiger partial charge in [-0.05, 0) is 24.1 Å². The maximum absolute atomic E-state index is 14.9. The number of hydrogen-bond donors (Lipinski definition) is 1. The molecule has 1 N–H and O–H groups in total. The Balaban J connectivity index is 0.000000847. The summed E-state index contributed by atoms with van der Waals surface area (Å²) in [4.78, 5) is 36.1. The van der Waals surface area contributed by atoms with Gasteiger partial charge < -0.3 is 0 Å². The van der Waals surface area contributed by atoms with Crippen molar-refractivity contribution in [1.82, 2.24) is 10.2 Å². The third kappa shape index (κ3) is 2.38. The van der Waals surface area contributed by atoms with Crippen LogP contribution in [0.2, 0.25) is 0 Å². The van der Waals surface area contributed by atoms with E-state index >= 15 is 0 Å². The molecule has 0 saturated carbocycles. The Kier molecular flexibility index (Phi) is 4.30. The van der Waals surface area contributed by atoms with Gasteiger partial charge in [0.2, 0.25) is 5.91 Å². The van der Waals surface area contributed by atoms with Gasteiger partial charge in [-0.15, -0.1) is 0 Å². The molecule has 1 aromatic carbocycles. The smallest absolute Gasteiger partial charge is 0.285 e. The van der Waals surface area contributed by atoms with Crippen LogP contribution in [0.1, 0.15) is 48.2 Å². The minimum absolute atomic E-state index is 0.0545. The van der Waals surface area contributed by atoms with E-state index in [1.807, 2.05) is 32.2 Å². The second kappa shape index (κ2) is 5.87. The van der Waals surface area contributed by atoms with Crippen LogP contribution in [0.3, 0.4) is 0 Å². The highest BCUT2D eigenvalue weighted by atomic mass is 19.1. The van der Waals surface area contributed by atoms with Crippen molar-refractivity contribution in [3.63, 3.8) is 0 Å². The molecule has 2 aliphatic rings. The molecule has 118 valence electrons.